The fraction of sp³-hybridized carbons (Fsp3) is 0.846. The number of nitrogens with one attached hydrogen (secondary N) is 2. The number of carbonyl (C=O) groups is 2. The zero-order valence-electron chi connectivity index (χ0n) is 11.1. The van der Waals surface area contributed by atoms with E-state index in [0.29, 0.717) is 18.8 Å². The summed E-state index contributed by atoms with van der Waals surface area (Å²) in [6, 6.07) is -0.730. The number of aliphatic carboxylic acids is 1. The van der Waals surface area contributed by atoms with Gasteiger partial charge < -0.3 is 15.7 Å². The zero-order chi connectivity index (χ0) is 13.4. The lowest BCUT2D eigenvalue weighted by atomic mass is 9.94. The largest absolute Gasteiger partial charge is 0.480 e. The van der Waals surface area contributed by atoms with Gasteiger partial charge in [-0.25, -0.2) is 4.79 Å². The Bertz CT molecular complexity index is 275. The summed E-state index contributed by atoms with van der Waals surface area (Å²) in [4.78, 5) is 22.6. The van der Waals surface area contributed by atoms with E-state index in [-0.39, 0.29) is 5.91 Å². The average molecular weight is 256 g/mol. The third-order valence-electron chi connectivity index (χ3n) is 3.39. The first-order chi connectivity index (χ1) is 8.63. The molecule has 0 aromatic rings. The van der Waals surface area contributed by atoms with E-state index in [1.165, 1.54) is 6.42 Å². The van der Waals surface area contributed by atoms with Crippen LogP contribution in [-0.2, 0) is 9.59 Å². The molecule has 3 N–H and O–H groups in total. The maximum atomic E-state index is 11.7. The monoisotopic (exact) mass is 256 g/mol. The summed E-state index contributed by atoms with van der Waals surface area (Å²) >= 11 is 0. The van der Waals surface area contributed by atoms with Crippen molar-refractivity contribution in [3.05, 3.63) is 0 Å². The number of hydrogen-bond acceptors (Lipinski definition) is 3. The van der Waals surface area contributed by atoms with Crippen molar-refractivity contribution in [3.63, 3.8) is 0 Å². The average Bonchev–Trinajstić information content (AvgIpc) is 2.37. The van der Waals surface area contributed by atoms with Crippen molar-refractivity contribution in [1.29, 1.82) is 0 Å². The van der Waals surface area contributed by atoms with Crippen LogP contribution in [0.15, 0.2) is 0 Å². The summed E-state index contributed by atoms with van der Waals surface area (Å²) in [5.41, 5.74) is 0. The summed E-state index contributed by atoms with van der Waals surface area (Å²) in [5, 5.41) is 14.9. The van der Waals surface area contributed by atoms with Gasteiger partial charge in [0.05, 0.1) is 0 Å². The van der Waals surface area contributed by atoms with Gasteiger partial charge in [-0.3, -0.25) is 4.79 Å². The molecule has 0 aliphatic carbocycles. The van der Waals surface area contributed by atoms with Crippen molar-refractivity contribution in [1.82, 2.24) is 10.6 Å². The first kappa shape index (κ1) is 15.0. The van der Waals surface area contributed by atoms with Crippen molar-refractivity contribution in [3.8, 4) is 0 Å². The molecule has 1 fully saturated rings. The highest BCUT2D eigenvalue weighted by molar-refractivity contribution is 5.83. The van der Waals surface area contributed by atoms with Gasteiger partial charge >= 0.3 is 5.97 Å². The number of hydrogen-bond donors (Lipinski definition) is 3. The Morgan fingerprint density at radius 1 is 1.50 bits per heavy atom. The highest BCUT2D eigenvalue weighted by atomic mass is 16.4. The van der Waals surface area contributed by atoms with Crippen LogP contribution in [0.2, 0.25) is 0 Å². The lowest BCUT2D eigenvalue weighted by Crippen LogP contribution is -2.41. The molecule has 1 rings (SSSR count). The molecule has 1 saturated heterocycles. The van der Waals surface area contributed by atoms with E-state index in [9.17, 15) is 9.59 Å². The van der Waals surface area contributed by atoms with Crippen molar-refractivity contribution in [2.75, 3.05) is 13.1 Å². The van der Waals surface area contributed by atoms with E-state index < -0.39 is 12.0 Å². The molecule has 1 unspecified atom stereocenters. The van der Waals surface area contributed by atoms with Gasteiger partial charge in [0.15, 0.2) is 0 Å². The van der Waals surface area contributed by atoms with Crippen molar-refractivity contribution in [2.24, 2.45) is 5.92 Å². The first-order valence-corrected chi connectivity index (χ1v) is 6.86. The predicted molar refractivity (Wildman–Crippen MR) is 69.3 cm³/mol. The second-order valence-electron chi connectivity index (χ2n) is 5.00. The Labute approximate surface area is 108 Å². The molecule has 1 heterocycles. The van der Waals surface area contributed by atoms with Gasteiger partial charge in [-0.2, -0.15) is 0 Å². The van der Waals surface area contributed by atoms with Crippen LogP contribution in [0.5, 0.6) is 0 Å². The van der Waals surface area contributed by atoms with Crippen molar-refractivity contribution in [2.45, 2.75) is 51.5 Å². The molecule has 0 spiro atoms. The van der Waals surface area contributed by atoms with Crippen molar-refractivity contribution >= 4 is 11.9 Å². The SMILES string of the molecule is CCC[C@@H](NC(=O)CCC1CCCNC1)C(=O)O. The van der Waals surface area contributed by atoms with Gasteiger partial charge in [0.25, 0.3) is 0 Å². The summed E-state index contributed by atoms with van der Waals surface area (Å²) in [6.45, 7) is 3.96. The van der Waals surface area contributed by atoms with Gasteiger partial charge in [-0.15, -0.1) is 0 Å². The zero-order valence-corrected chi connectivity index (χ0v) is 11.1. The van der Waals surface area contributed by atoms with Gasteiger partial charge in [-0.1, -0.05) is 13.3 Å². The number of carboxylic acids is 1. The van der Waals surface area contributed by atoms with E-state index in [2.05, 4.69) is 10.6 Å². The van der Waals surface area contributed by atoms with Gasteiger partial charge in [0, 0.05) is 6.42 Å². The summed E-state index contributed by atoms with van der Waals surface area (Å²) in [5.74, 6) is -0.523. The lowest BCUT2D eigenvalue weighted by molar-refractivity contribution is -0.142. The van der Waals surface area contributed by atoms with E-state index in [4.69, 9.17) is 5.11 Å². The van der Waals surface area contributed by atoms with Gasteiger partial charge in [-0.05, 0) is 44.7 Å². The fourth-order valence-corrected chi connectivity index (χ4v) is 2.32. The third-order valence-corrected chi connectivity index (χ3v) is 3.39. The number of piperidine rings is 1. The normalized spacial score (nSPS) is 21.3. The van der Waals surface area contributed by atoms with E-state index in [0.717, 1.165) is 32.4 Å². The number of carboxylic acid groups (broad SMARTS) is 1. The van der Waals surface area contributed by atoms with Crippen LogP contribution in [0.4, 0.5) is 0 Å². The predicted octanol–water partition coefficient (Wildman–Crippen LogP) is 1.14. The minimum absolute atomic E-state index is 0.138. The van der Waals surface area contributed by atoms with Crippen LogP contribution >= 0.6 is 0 Å². The summed E-state index contributed by atoms with van der Waals surface area (Å²) < 4.78 is 0. The van der Waals surface area contributed by atoms with Crippen LogP contribution in [0.1, 0.15) is 45.4 Å². The molecule has 0 radical (unpaired) electrons. The number of rotatable bonds is 7. The molecule has 104 valence electrons. The fourth-order valence-electron chi connectivity index (χ4n) is 2.32. The molecule has 0 aromatic carbocycles. The molecule has 0 saturated carbocycles. The second-order valence-corrected chi connectivity index (χ2v) is 5.00. The number of amides is 1. The lowest BCUT2D eigenvalue weighted by Gasteiger charge is -2.22. The molecule has 0 aromatic heterocycles. The van der Waals surface area contributed by atoms with E-state index in [1.54, 1.807) is 0 Å². The Kier molecular flexibility index (Phi) is 6.72. The van der Waals surface area contributed by atoms with E-state index in [1.807, 2.05) is 6.92 Å². The Morgan fingerprint density at radius 2 is 2.28 bits per heavy atom. The molecule has 5 heteroatoms. The first-order valence-electron chi connectivity index (χ1n) is 6.86. The minimum atomic E-state index is -0.940. The molecule has 18 heavy (non-hydrogen) atoms. The van der Waals surface area contributed by atoms with Gasteiger partial charge in [0.1, 0.15) is 6.04 Å². The van der Waals surface area contributed by atoms with Crippen molar-refractivity contribution < 1.29 is 14.7 Å². The van der Waals surface area contributed by atoms with Crippen LogP contribution in [0.25, 0.3) is 0 Å². The highest BCUT2D eigenvalue weighted by Gasteiger charge is 2.20. The molecular weight excluding hydrogens is 232 g/mol. The molecule has 1 aliphatic heterocycles. The van der Waals surface area contributed by atoms with Crippen LogP contribution in [0, 0.1) is 5.92 Å². The molecule has 0 bridgehead atoms. The topological polar surface area (TPSA) is 78.4 Å². The molecule has 1 amide bonds. The maximum absolute atomic E-state index is 11.7. The smallest absolute Gasteiger partial charge is 0.326 e. The quantitative estimate of drug-likeness (QED) is 0.638. The van der Waals surface area contributed by atoms with Crippen LogP contribution in [-0.4, -0.2) is 36.1 Å². The Balaban J connectivity index is 2.24. The second kappa shape index (κ2) is 8.08. The Morgan fingerprint density at radius 3 is 2.83 bits per heavy atom. The standard InChI is InChI=1S/C13H24N2O3/c1-2-4-11(13(17)18)15-12(16)7-6-10-5-3-8-14-9-10/h10-11,14H,2-9H2,1H3,(H,15,16)(H,17,18)/t10?,11-/m1/s1. The van der Waals surface area contributed by atoms with E-state index >= 15 is 0 Å². The Hall–Kier alpha value is -1.10. The summed E-state index contributed by atoms with van der Waals surface area (Å²) in [7, 11) is 0. The summed E-state index contributed by atoms with van der Waals surface area (Å²) in [6.07, 6.45) is 4.85. The molecule has 5 nitrogen and oxygen atoms in total. The van der Waals surface area contributed by atoms with Crippen LogP contribution < -0.4 is 10.6 Å². The highest BCUT2D eigenvalue weighted by Crippen LogP contribution is 2.15. The maximum Gasteiger partial charge on any atom is 0.326 e. The minimum Gasteiger partial charge on any atom is -0.480 e. The molecular formula is C13H24N2O3. The number of carbonyl (C=O) groups excluding carboxylic acids is 1. The third kappa shape index (κ3) is 5.49. The molecule has 1 aliphatic rings. The van der Waals surface area contributed by atoms with Gasteiger partial charge in [0.2, 0.25) is 5.91 Å². The van der Waals surface area contributed by atoms with Crippen LogP contribution in [0.3, 0.4) is 0 Å². The molecule has 2 atom stereocenters.